The van der Waals surface area contributed by atoms with E-state index in [4.69, 9.17) is 10.5 Å². The number of hydrogen-bond donors (Lipinski definition) is 1. The number of rotatable bonds is 4. The summed E-state index contributed by atoms with van der Waals surface area (Å²) in [6, 6.07) is 10.0. The van der Waals surface area contributed by atoms with Gasteiger partial charge in [0.25, 0.3) is 0 Å². The number of carbonyl (C=O) groups is 1. The zero-order valence-electron chi connectivity index (χ0n) is 11.3. The SMILES string of the molecule is NCC[C@H]1CCCCN1C(=O)OCc1ccccc1. The van der Waals surface area contributed by atoms with Crippen molar-refractivity contribution in [2.75, 3.05) is 13.1 Å². The number of hydrogen-bond acceptors (Lipinski definition) is 3. The molecular formula is C15H22N2O2. The molecule has 0 spiro atoms. The first-order valence-electron chi connectivity index (χ1n) is 6.98. The standard InChI is InChI=1S/C15H22N2O2/c16-10-9-14-8-4-5-11-17(14)15(18)19-12-13-6-2-1-3-7-13/h1-3,6-7,14H,4-5,8-12,16H2/t14-/m1/s1. The highest BCUT2D eigenvalue weighted by molar-refractivity contribution is 5.68. The van der Waals surface area contributed by atoms with Crippen LogP contribution in [0.25, 0.3) is 0 Å². The van der Waals surface area contributed by atoms with Crippen LogP contribution >= 0.6 is 0 Å². The number of benzene rings is 1. The van der Waals surface area contributed by atoms with Crippen molar-refractivity contribution in [3.63, 3.8) is 0 Å². The summed E-state index contributed by atoms with van der Waals surface area (Å²) in [7, 11) is 0. The molecule has 0 radical (unpaired) electrons. The Bertz CT molecular complexity index is 392. The second-order valence-corrected chi connectivity index (χ2v) is 4.96. The summed E-state index contributed by atoms with van der Waals surface area (Å²) in [4.78, 5) is 14.0. The normalized spacial score (nSPS) is 19.2. The topological polar surface area (TPSA) is 55.6 Å². The molecule has 2 rings (SSSR count). The molecule has 1 heterocycles. The molecule has 0 saturated carbocycles. The Morgan fingerprint density at radius 3 is 2.84 bits per heavy atom. The van der Waals surface area contributed by atoms with E-state index in [2.05, 4.69) is 0 Å². The Morgan fingerprint density at radius 2 is 2.11 bits per heavy atom. The Hall–Kier alpha value is -1.55. The van der Waals surface area contributed by atoms with Crippen molar-refractivity contribution in [1.82, 2.24) is 4.90 Å². The second-order valence-electron chi connectivity index (χ2n) is 4.96. The van der Waals surface area contributed by atoms with Gasteiger partial charge in [0.15, 0.2) is 0 Å². The van der Waals surface area contributed by atoms with Crippen LogP contribution in [-0.2, 0) is 11.3 Å². The predicted molar refractivity (Wildman–Crippen MR) is 74.6 cm³/mol. The molecule has 1 fully saturated rings. The van der Waals surface area contributed by atoms with E-state index >= 15 is 0 Å². The van der Waals surface area contributed by atoms with Crippen LogP contribution in [0, 0.1) is 0 Å². The summed E-state index contributed by atoms with van der Waals surface area (Å²) in [5, 5.41) is 0. The third-order valence-corrected chi connectivity index (χ3v) is 3.57. The van der Waals surface area contributed by atoms with E-state index < -0.39 is 0 Å². The number of piperidine rings is 1. The van der Waals surface area contributed by atoms with Crippen LogP contribution in [0.15, 0.2) is 30.3 Å². The van der Waals surface area contributed by atoms with Gasteiger partial charge >= 0.3 is 6.09 Å². The lowest BCUT2D eigenvalue weighted by molar-refractivity contribution is 0.0666. The maximum absolute atomic E-state index is 12.1. The second kappa shape index (κ2) is 7.14. The lowest BCUT2D eigenvalue weighted by atomic mass is 10.00. The molecule has 1 atom stereocenters. The highest BCUT2D eigenvalue weighted by atomic mass is 16.6. The van der Waals surface area contributed by atoms with Crippen molar-refractivity contribution >= 4 is 6.09 Å². The molecule has 0 unspecified atom stereocenters. The molecule has 1 aromatic carbocycles. The molecule has 2 N–H and O–H groups in total. The van der Waals surface area contributed by atoms with Crippen molar-refractivity contribution in [1.29, 1.82) is 0 Å². The van der Waals surface area contributed by atoms with Crippen molar-refractivity contribution in [2.45, 2.75) is 38.3 Å². The summed E-state index contributed by atoms with van der Waals surface area (Å²) in [6.45, 7) is 1.75. The molecule has 0 aliphatic carbocycles. The van der Waals surface area contributed by atoms with Gasteiger partial charge in [0.2, 0.25) is 0 Å². The lowest BCUT2D eigenvalue weighted by Gasteiger charge is -2.34. The quantitative estimate of drug-likeness (QED) is 0.907. The van der Waals surface area contributed by atoms with Crippen molar-refractivity contribution in [3.05, 3.63) is 35.9 Å². The minimum Gasteiger partial charge on any atom is -0.445 e. The van der Waals surface area contributed by atoms with Crippen LogP contribution < -0.4 is 5.73 Å². The zero-order valence-corrected chi connectivity index (χ0v) is 11.3. The average Bonchev–Trinajstić information content (AvgIpc) is 2.47. The third kappa shape index (κ3) is 3.96. The minimum atomic E-state index is -0.206. The molecule has 0 bridgehead atoms. The molecule has 1 aliphatic rings. The van der Waals surface area contributed by atoms with Gasteiger partial charge in [-0.2, -0.15) is 0 Å². The summed E-state index contributed by atoms with van der Waals surface area (Å²) < 4.78 is 5.39. The Morgan fingerprint density at radius 1 is 1.32 bits per heavy atom. The maximum Gasteiger partial charge on any atom is 0.410 e. The van der Waals surface area contributed by atoms with Gasteiger partial charge in [-0.25, -0.2) is 4.79 Å². The number of amides is 1. The summed E-state index contributed by atoms with van der Waals surface area (Å²) in [6.07, 6.45) is 3.93. The Labute approximate surface area is 114 Å². The summed E-state index contributed by atoms with van der Waals surface area (Å²) in [5.74, 6) is 0. The first-order chi connectivity index (χ1) is 9.31. The summed E-state index contributed by atoms with van der Waals surface area (Å²) >= 11 is 0. The lowest BCUT2D eigenvalue weighted by Crippen LogP contribution is -2.44. The maximum atomic E-state index is 12.1. The molecule has 4 nitrogen and oxygen atoms in total. The molecule has 4 heteroatoms. The van der Waals surface area contributed by atoms with E-state index in [1.165, 1.54) is 6.42 Å². The fourth-order valence-corrected chi connectivity index (χ4v) is 2.54. The van der Waals surface area contributed by atoms with E-state index in [0.717, 1.165) is 31.4 Å². The summed E-state index contributed by atoms with van der Waals surface area (Å²) in [5.41, 5.74) is 6.62. The minimum absolute atomic E-state index is 0.206. The fraction of sp³-hybridized carbons (Fsp3) is 0.533. The van der Waals surface area contributed by atoms with E-state index in [0.29, 0.717) is 13.2 Å². The fourth-order valence-electron chi connectivity index (χ4n) is 2.54. The van der Waals surface area contributed by atoms with Crippen LogP contribution in [0.1, 0.15) is 31.2 Å². The van der Waals surface area contributed by atoms with Gasteiger partial charge in [-0.3, -0.25) is 0 Å². The van der Waals surface area contributed by atoms with Crippen LogP contribution in [0.2, 0.25) is 0 Å². The van der Waals surface area contributed by atoms with Gasteiger partial charge in [-0.05, 0) is 37.8 Å². The Balaban J connectivity index is 1.87. The first kappa shape index (κ1) is 13.9. The van der Waals surface area contributed by atoms with Crippen molar-refractivity contribution in [3.8, 4) is 0 Å². The average molecular weight is 262 g/mol. The molecule has 1 saturated heterocycles. The third-order valence-electron chi connectivity index (χ3n) is 3.57. The van der Waals surface area contributed by atoms with Gasteiger partial charge in [0, 0.05) is 12.6 Å². The molecule has 1 aromatic rings. The van der Waals surface area contributed by atoms with E-state index in [-0.39, 0.29) is 12.1 Å². The van der Waals surface area contributed by atoms with Gasteiger partial charge in [0.1, 0.15) is 6.61 Å². The first-order valence-corrected chi connectivity index (χ1v) is 6.98. The molecule has 104 valence electrons. The van der Waals surface area contributed by atoms with Crippen LogP contribution in [0.4, 0.5) is 4.79 Å². The predicted octanol–water partition coefficient (Wildman–Crippen LogP) is 2.53. The highest BCUT2D eigenvalue weighted by Gasteiger charge is 2.27. The van der Waals surface area contributed by atoms with E-state index in [1.54, 1.807) is 0 Å². The van der Waals surface area contributed by atoms with Gasteiger partial charge in [0.05, 0.1) is 0 Å². The van der Waals surface area contributed by atoms with Crippen molar-refractivity contribution in [2.24, 2.45) is 5.73 Å². The molecular weight excluding hydrogens is 240 g/mol. The molecule has 19 heavy (non-hydrogen) atoms. The van der Waals surface area contributed by atoms with Crippen LogP contribution in [-0.4, -0.2) is 30.1 Å². The van der Waals surface area contributed by atoms with E-state index in [1.807, 2.05) is 35.2 Å². The largest absolute Gasteiger partial charge is 0.445 e. The monoisotopic (exact) mass is 262 g/mol. The number of ether oxygens (including phenoxy) is 1. The molecule has 0 aromatic heterocycles. The molecule has 1 aliphatic heterocycles. The number of nitrogens with two attached hydrogens (primary N) is 1. The van der Waals surface area contributed by atoms with Gasteiger partial charge in [-0.1, -0.05) is 30.3 Å². The van der Waals surface area contributed by atoms with E-state index in [9.17, 15) is 4.79 Å². The van der Waals surface area contributed by atoms with Gasteiger partial charge < -0.3 is 15.4 Å². The zero-order chi connectivity index (χ0) is 13.5. The van der Waals surface area contributed by atoms with Crippen LogP contribution in [0.3, 0.4) is 0 Å². The smallest absolute Gasteiger partial charge is 0.410 e. The number of nitrogens with zero attached hydrogens (tertiary/aromatic N) is 1. The van der Waals surface area contributed by atoms with Gasteiger partial charge in [-0.15, -0.1) is 0 Å². The van der Waals surface area contributed by atoms with Crippen LogP contribution in [0.5, 0.6) is 0 Å². The number of carbonyl (C=O) groups excluding carboxylic acids is 1. The number of likely N-dealkylation sites (tertiary alicyclic amines) is 1. The Kier molecular flexibility index (Phi) is 5.21. The highest BCUT2D eigenvalue weighted by Crippen LogP contribution is 2.20. The molecule has 1 amide bonds. The van der Waals surface area contributed by atoms with Crippen molar-refractivity contribution < 1.29 is 9.53 Å².